The Morgan fingerprint density at radius 3 is 2.57 bits per heavy atom. The molecule has 1 N–H and O–H groups in total. The Hall–Kier alpha value is -0.570. The van der Waals surface area contributed by atoms with Gasteiger partial charge in [0.15, 0.2) is 0 Å². The molecular formula is C11H22O3. The summed E-state index contributed by atoms with van der Waals surface area (Å²) in [5.41, 5.74) is 0. The van der Waals surface area contributed by atoms with Crippen LogP contribution in [0.2, 0.25) is 0 Å². The van der Waals surface area contributed by atoms with Crippen molar-refractivity contribution in [2.45, 2.75) is 52.6 Å². The summed E-state index contributed by atoms with van der Waals surface area (Å²) < 4.78 is 4.97. The van der Waals surface area contributed by atoms with Gasteiger partial charge in [0.1, 0.15) is 0 Å². The maximum absolute atomic E-state index is 11.1. The number of hydrogen-bond acceptors (Lipinski definition) is 3. The van der Waals surface area contributed by atoms with Gasteiger partial charge in [-0.2, -0.15) is 0 Å². The molecule has 0 fully saturated rings. The van der Waals surface area contributed by atoms with Crippen LogP contribution in [0.1, 0.15) is 46.5 Å². The zero-order valence-electron chi connectivity index (χ0n) is 9.45. The molecule has 3 nitrogen and oxygen atoms in total. The van der Waals surface area contributed by atoms with Gasteiger partial charge < -0.3 is 9.84 Å². The first-order chi connectivity index (χ1) is 6.56. The minimum absolute atomic E-state index is 0.123. The monoisotopic (exact) mass is 202 g/mol. The molecule has 0 aromatic rings. The van der Waals surface area contributed by atoms with Crippen molar-refractivity contribution in [3.63, 3.8) is 0 Å². The number of carbonyl (C=O) groups excluding carboxylic acids is 1. The first kappa shape index (κ1) is 13.4. The Kier molecular flexibility index (Phi) is 7.48. The molecule has 0 spiro atoms. The number of aliphatic hydroxyl groups excluding tert-OH is 1. The predicted octanol–water partition coefficient (Wildman–Crippen LogP) is 2.13. The minimum atomic E-state index is -0.549. The largest absolute Gasteiger partial charge is 0.466 e. The fraction of sp³-hybridized carbons (Fsp3) is 0.909. The van der Waals surface area contributed by atoms with Crippen molar-refractivity contribution >= 4 is 5.97 Å². The maximum Gasteiger partial charge on any atom is 0.308 e. The van der Waals surface area contributed by atoms with Crippen LogP contribution in [0.5, 0.6) is 0 Å². The van der Waals surface area contributed by atoms with Crippen LogP contribution in [0.4, 0.5) is 0 Å². The highest BCUT2D eigenvalue weighted by atomic mass is 16.5. The van der Waals surface area contributed by atoms with E-state index in [1.54, 1.807) is 0 Å². The lowest BCUT2D eigenvalue weighted by Crippen LogP contribution is -2.15. The van der Waals surface area contributed by atoms with E-state index in [-0.39, 0.29) is 12.4 Å². The molecule has 14 heavy (non-hydrogen) atoms. The SMILES string of the molecule is CCC(O)CC(=O)OCCCC(C)C. The third-order valence-corrected chi connectivity index (χ3v) is 2.06. The van der Waals surface area contributed by atoms with Gasteiger partial charge in [-0.3, -0.25) is 4.79 Å². The van der Waals surface area contributed by atoms with Crippen LogP contribution in [-0.4, -0.2) is 23.8 Å². The smallest absolute Gasteiger partial charge is 0.308 e. The van der Waals surface area contributed by atoms with Crippen molar-refractivity contribution in [2.75, 3.05) is 6.61 Å². The molecule has 0 aliphatic carbocycles. The number of carbonyl (C=O) groups is 1. The van der Waals surface area contributed by atoms with Gasteiger partial charge in [-0.1, -0.05) is 20.8 Å². The second kappa shape index (κ2) is 7.80. The molecule has 0 aromatic carbocycles. The number of aliphatic hydroxyl groups is 1. The maximum atomic E-state index is 11.1. The molecule has 0 aromatic heterocycles. The quantitative estimate of drug-likeness (QED) is 0.508. The molecule has 0 aliphatic heterocycles. The van der Waals surface area contributed by atoms with Gasteiger partial charge in [-0.05, 0) is 25.2 Å². The molecule has 0 bridgehead atoms. The van der Waals surface area contributed by atoms with E-state index in [9.17, 15) is 9.90 Å². The summed E-state index contributed by atoms with van der Waals surface area (Å²) in [6.45, 7) is 6.61. The molecule has 84 valence electrons. The summed E-state index contributed by atoms with van der Waals surface area (Å²) in [6.07, 6.45) is 2.15. The van der Waals surface area contributed by atoms with Gasteiger partial charge in [0, 0.05) is 0 Å². The van der Waals surface area contributed by atoms with Crippen LogP contribution < -0.4 is 0 Å². The van der Waals surface area contributed by atoms with Gasteiger partial charge in [0.05, 0.1) is 19.1 Å². The van der Waals surface area contributed by atoms with E-state index >= 15 is 0 Å². The number of hydrogen-bond donors (Lipinski definition) is 1. The van der Waals surface area contributed by atoms with Crippen LogP contribution in [0.3, 0.4) is 0 Å². The topological polar surface area (TPSA) is 46.5 Å². The Morgan fingerprint density at radius 1 is 1.43 bits per heavy atom. The highest BCUT2D eigenvalue weighted by Gasteiger charge is 2.09. The third kappa shape index (κ3) is 8.05. The lowest BCUT2D eigenvalue weighted by Gasteiger charge is -2.08. The summed E-state index contributed by atoms with van der Waals surface area (Å²) in [5.74, 6) is 0.359. The molecule has 0 heterocycles. The fourth-order valence-corrected chi connectivity index (χ4v) is 1.07. The average molecular weight is 202 g/mol. The number of esters is 1. The van der Waals surface area contributed by atoms with Crippen LogP contribution in [-0.2, 0) is 9.53 Å². The second-order valence-corrected chi connectivity index (χ2v) is 4.02. The van der Waals surface area contributed by atoms with Crippen molar-refractivity contribution in [1.82, 2.24) is 0 Å². The summed E-state index contributed by atoms with van der Waals surface area (Å²) in [7, 11) is 0. The zero-order valence-corrected chi connectivity index (χ0v) is 9.45. The van der Waals surface area contributed by atoms with E-state index in [4.69, 9.17) is 4.74 Å². The first-order valence-electron chi connectivity index (χ1n) is 5.40. The Balaban J connectivity index is 3.36. The second-order valence-electron chi connectivity index (χ2n) is 4.02. The van der Waals surface area contributed by atoms with Crippen LogP contribution >= 0.6 is 0 Å². The molecule has 0 saturated carbocycles. The lowest BCUT2D eigenvalue weighted by molar-refractivity contribution is -0.146. The van der Waals surface area contributed by atoms with E-state index in [1.165, 1.54) is 0 Å². The molecule has 1 atom stereocenters. The van der Waals surface area contributed by atoms with E-state index < -0.39 is 6.10 Å². The van der Waals surface area contributed by atoms with Crippen LogP contribution in [0, 0.1) is 5.92 Å². The summed E-state index contributed by atoms with van der Waals surface area (Å²) in [5, 5.41) is 9.17. The third-order valence-electron chi connectivity index (χ3n) is 2.06. The first-order valence-corrected chi connectivity index (χ1v) is 5.40. The van der Waals surface area contributed by atoms with Gasteiger partial charge in [-0.25, -0.2) is 0 Å². The van der Waals surface area contributed by atoms with Gasteiger partial charge in [0.25, 0.3) is 0 Å². The molecule has 0 aliphatic rings. The molecule has 3 heteroatoms. The highest BCUT2D eigenvalue weighted by molar-refractivity contribution is 5.69. The zero-order chi connectivity index (χ0) is 11.0. The van der Waals surface area contributed by atoms with Crippen molar-refractivity contribution in [3.05, 3.63) is 0 Å². The summed E-state index contributed by atoms with van der Waals surface area (Å²) in [6, 6.07) is 0. The minimum Gasteiger partial charge on any atom is -0.466 e. The van der Waals surface area contributed by atoms with Gasteiger partial charge >= 0.3 is 5.97 Å². The van der Waals surface area contributed by atoms with Gasteiger partial charge in [0.2, 0.25) is 0 Å². The summed E-state index contributed by atoms with van der Waals surface area (Å²) >= 11 is 0. The Morgan fingerprint density at radius 2 is 2.07 bits per heavy atom. The summed E-state index contributed by atoms with van der Waals surface area (Å²) in [4.78, 5) is 11.1. The van der Waals surface area contributed by atoms with E-state index in [1.807, 2.05) is 6.92 Å². The average Bonchev–Trinajstić information content (AvgIpc) is 2.12. The van der Waals surface area contributed by atoms with E-state index in [0.717, 1.165) is 12.8 Å². The van der Waals surface area contributed by atoms with Crippen molar-refractivity contribution in [1.29, 1.82) is 0 Å². The lowest BCUT2D eigenvalue weighted by atomic mass is 10.1. The van der Waals surface area contributed by atoms with Gasteiger partial charge in [-0.15, -0.1) is 0 Å². The van der Waals surface area contributed by atoms with Crippen LogP contribution in [0.25, 0.3) is 0 Å². The van der Waals surface area contributed by atoms with Crippen LogP contribution in [0.15, 0.2) is 0 Å². The number of rotatable bonds is 7. The van der Waals surface area contributed by atoms with E-state index in [0.29, 0.717) is 18.9 Å². The molecular weight excluding hydrogens is 180 g/mol. The van der Waals surface area contributed by atoms with Crippen molar-refractivity contribution < 1.29 is 14.6 Å². The normalized spacial score (nSPS) is 12.9. The molecule has 0 amide bonds. The molecule has 0 radical (unpaired) electrons. The van der Waals surface area contributed by atoms with Crippen molar-refractivity contribution in [3.8, 4) is 0 Å². The predicted molar refractivity (Wildman–Crippen MR) is 55.9 cm³/mol. The number of ether oxygens (including phenoxy) is 1. The fourth-order valence-electron chi connectivity index (χ4n) is 1.07. The molecule has 0 rings (SSSR count). The highest BCUT2D eigenvalue weighted by Crippen LogP contribution is 2.04. The van der Waals surface area contributed by atoms with Crippen molar-refractivity contribution in [2.24, 2.45) is 5.92 Å². The molecule has 0 saturated heterocycles. The standard InChI is InChI=1S/C11H22O3/c1-4-10(12)8-11(13)14-7-5-6-9(2)3/h9-10,12H,4-8H2,1-3H3. The molecule has 1 unspecified atom stereocenters. The van der Waals surface area contributed by atoms with E-state index in [2.05, 4.69) is 13.8 Å². The Bertz CT molecular complexity index is 155. The Labute approximate surface area is 86.5 Å².